The number of nitrogens with one attached hydrogen (secondary N) is 1. The van der Waals surface area contributed by atoms with E-state index in [1.165, 1.54) is 7.11 Å². The van der Waals surface area contributed by atoms with Crippen LogP contribution in [0, 0.1) is 5.41 Å². The van der Waals surface area contributed by atoms with E-state index in [2.05, 4.69) is 10.1 Å². The van der Waals surface area contributed by atoms with Crippen molar-refractivity contribution >= 4 is 11.9 Å². The Hall–Kier alpha value is -2.08. The van der Waals surface area contributed by atoms with Crippen LogP contribution < -0.4 is 15.8 Å². The predicted molar refractivity (Wildman–Crippen MR) is 92.5 cm³/mol. The highest BCUT2D eigenvalue weighted by molar-refractivity contribution is 5.82. The Bertz CT molecular complexity index is 535. The van der Waals surface area contributed by atoms with E-state index in [0.717, 1.165) is 11.3 Å². The second-order valence-corrected chi connectivity index (χ2v) is 6.73. The highest BCUT2D eigenvalue weighted by Crippen LogP contribution is 2.17. The van der Waals surface area contributed by atoms with Crippen LogP contribution >= 0.6 is 0 Å². The van der Waals surface area contributed by atoms with Gasteiger partial charge in [-0.1, -0.05) is 32.9 Å². The van der Waals surface area contributed by atoms with Gasteiger partial charge in [-0.05, 0) is 29.5 Å². The number of nitrogens with two attached hydrogens (primary N) is 1. The molecule has 0 aliphatic rings. The summed E-state index contributed by atoms with van der Waals surface area (Å²) < 4.78 is 10.1. The third-order valence-electron chi connectivity index (χ3n) is 3.63. The highest BCUT2D eigenvalue weighted by Gasteiger charge is 2.26. The molecule has 6 nitrogen and oxygen atoms in total. The number of methoxy groups -OCH3 is 1. The van der Waals surface area contributed by atoms with Crippen LogP contribution in [0.2, 0.25) is 0 Å². The minimum atomic E-state index is -0.546. The second-order valence-electron chi connectivity index (χ2n) is 6.73. The van der Waals surface area contributed by atoms with E-state index < -0.39 is 6.04 Å². The predicted octanol–water partition coefficient (Wildman–Crippen LogP) is 2.01. The molecular formula is C18H28N2O4. The molecule has 0 bridgehead atoms. The van der Waals surface area contributed by atoms with Crippen molar-refractivity contribution in [3.05, 3.63) is 29.8 Å². The summed E-state index contributed by atoms with van der Waals surface area (Å²) in [6.07, 6.45) is 0.948. The highest BCUT2D eigenvalue weighted by atomic mass is 16.5. The fraction of sp³-hybridized carbons (Fsp3) is 0.556. The zero-order valence-corrected chi connectivity index (χ0v) is 14.9. The van der Waals surface area contributed by atoms with Crippen LogP contribution in [-0.2, 0) is 20.9 Å². The third-order valence-corrected chi connectivity index (χ3v) is 3.63. The average Bonchev–Trinajstić information content (AvgIpc) is 2.55. The number of rotatable bonds is 8. The molecule has 1 atom stereocenters. The van der Waals surface area contributed by atoms with E-state index in [-0.39, 0.29) is 17.3 Å². The minimum absolute atomic E-state index is 0.161. The number of benzene rings is 1. The summed E-state index contributed by atoms with van der Waals surface area (Å²) >= 11 is 0. The lowest BCUT2D eigenvalue weighted by Crippen LogP contribution is -2.48. The topological polar surface area (TPSA) is 90.6 Å². The Morgan fingerprint density at radius 1 is 1.21 bits per heavy atom. The molecule has 6 heteroatoms. The molecule has 1 aromatic rings. The summed E-state index contributed by atoms with van der Waals surface area (Å²) in [4.78, 5) is 23.0. The van der Waals surface area contributed by atoms with Crippen molar-refractivity contribution < 1.29 is 19.1 Å². The Morgan fingerprint density at radius 3 is 2.38 bits per heavy atom. The standard InChI is InChI=1S/C18H28N2O4/c1-18(2,3)16(19)17(22)20-12-13-7-9-14(10-8-13)24-11-5-6-15(21)23-4/h7-10,16H,5-6,11-12,19H2,1-4H3,(H,20,22)/t16-/m1/s1. The SMILES string of the molecule is COC(=O)CCCOc1ccc(CNC(=O)[C@@H](N)C(C)(C)C)cc1. The fourth-order valence-electron chi connectivity index (χ4n) is 1.90. The molecule has 24 heavy (non-hydrogen) atoms. The van der Waals surface area contributed by atoms with Gasteiger partial charge in [0.2, 0.25) is 5.91 Å². The van der Waals surface area contributed by atoms with Crippen molar-refractivity contribution in [1.82, 2.24) is 5.32 Å². The second kappa shape index (κ2) is 9.27. The molecule has 1 aromatic carbocycles. The molecule has 0 aliphatic carbocycles. The largest absolute Gasteiger partial charge is 0.494 e. The summed E-state index contributed by atoms with van der Waals surface area (Å²) in [5, 5.41) is 2.84. The fourth-order valence-corrected chi connectivity index (χ4v) is 1.90. The first-order valence-electron chi connectivity index (χ1n) is 8.06. The normalized spacial score (nSPS) is 12.4. The van der Waals surface area contributed by atoms with Crippen molar-refractivity contribution in [2.45, 2.75) is 46.2 Å². The lowest BCUT2D eigenvalue weighted by atomic mass is 9.87. The first-order valence-corrected chi connectivity index (χ1v) is 8.06. The number of hydrogen-bond donors (Lipinski definition) is 2. The Balaban J connectivity index is 2.37. The third kappa shape index (κ3) is 7.00. The minimum Gasteiger partial charge on any atom is -0.494 e. The molecule has 0 fully saturated rings. The van der Waals surface area contributed by atoms with E-state index in [1.54, 1.807) is 0 Å². The smallest absolute Gasteiger partial charge is 0.305 e. The maximum absolute atomic E-state index is 12.0. The van der Waals surface area contributed by atoms with E-state index in [9.17, 15) is 9.59 Å². The average molecular weight is 336 g/mol. The van der Waals surface area contributed by atoms with E-state index in [1.807, 2.05) is 45.0 Å². The van der Waals surface area contributed by atoms with Crippen LogP contribution in [-0.4, -0.2) is 31.6 Å². The van der Waals surface area contributed by atoms with Gasteiger partial charge in [0.1, 0.15) is 5.75 Å². The van der Waals surface area contributed by atoms with Crippen LogP contribution in [0.5, 0.6) is 5.75 Å². The molecule has 0 saturated heterocycles. The van der Waals surface area contributed by atoms with Gasteiger partial charge in [0.05, 0.1) is 19.8 Å². The molecule has 0 aliphatic heterocycles. The van der Waals surface area contributed by atoms with Crippen LogP contribution in [0.15, 0.2) is 24.3 Å². The number of ether oxygens (including phenoxy) is 2. The maximum Gasteiger partial charge on any atom is 0.305 e. The Kier molecular flexibility index (Phi) is 7.71. The molecule has 134 valence electrons. The Morgan fingerprint density at radius 2 is 1.83 bits per heavy atom. The van der Waals surface area contributed by atoms with Crippen molar-refractivity contribution in [3.8, 4) is 5.75 Å². The van der Waals surface area contributed by atoms with Crippen LogP contribution in [0.3, 0.4) is 0 Å². The van der Waals surface area contributed by atoms with Crippen molar-refractivity contribution in [3.63, 3.8) is 0 Å². The molecule has 1 amide bonds. The molecule has 1 rings (SSSR count). The molecule has 3 N–H and O–H groups in total. The zero-order chi connectivity index (χ0) is 18.2. The first kappa shape index (κ1) is 20.0. The summed E-state index contributed by atoms with van der Waals surface area (Å²) in [6.45, 7) is 6.67. The summed E-state index contributed by atoms with van der Waals surface area (Å²) in [7, 11) is 1.37. The van der Waals surface area contributed by atoms with Crippen molar-refractivity contribution in [2.24, 2.45) is 11.1 Å². The van der Waals surface area contributed by atoms with Gasteiger partial charge in [-0.3, -0.25) is 9.59 Å². The van der Waals surface area contributed by atoms with Gasteiger partial charge in [-0.25, -0.2) is 0 Å². The van der Waals surface area contributed by atoms with Crippen LogP contribution in [0.4, 0.5) is 0 Å². The van der Waals surface area contributed by atoms with Gasteiger partial charge in [0, 0.05) is 13.0 Å². The molecule has 0 saturated carbocycles. The monoisotopic (exact) mass is 336 g/mol. The zero-order valence-electron chi connectivity index (χ0n) is 14.9. The number of carbonyl (C=O) groups is 2. The van der Waals surface area contributed by atoms with Crippen LogP contribution in [0.25, 0.3) is 0 Å². The molecular weight excluding hydrogens is 308 g/mol. The summed E-state index contributed by atoms with van der Waals surface area (Å²) in [5.74, 6) is 0.324. The van der Waals surface area contributed by atoms with Gasteiger partial charge in [0.25, 0.3) is 0 Å². The maximum atomic E-state index is 12.0. The van der Waals surface area contributed by atoms with Crippen LogP contribution in [0.1, 0.15) is 39.2 Å². The van der Waals surface area contributed by atoms with Crippen molar-refractivity contribution in [2.75, 3.05) is 13.7 Å². The number of esters is 1. The van der Waals surface area contributed by atoms with Gasteiger partial charge in [0.15, 0.2) is 0 Å². The lowest BCUT2D eigenvalue weighted by molar-refractivity contribution is -0.140. The lowest BCUT2D eigenvalue weighted by Gasteiger charge is -2.25. The number of carbonyl (C=O) groups excluding carboxylic acids is 2. The summed E-state index contributed by atoms with van der Waals surface area (Å²) in [6, 6.07) is 6.90. The number of amides is 1. The molecule has 0 spiro atoms. The molecule has 0 heterocycles. The van der Waals surface area contributed by atoms with E-state index in [0.29, 0.717) is 26.0 Å². The van der Waals surface area contributed by atoms with Gasteiger partial charge in [-0.15, -0.1) is 0 Å². The molecule has 0 radical (unpaired) electrons. The van der Waals surface area contributed by atoms with Gasteiger partial charge >= 0.3 is 5.97 Å². The molecule has 0 aromatic heterocycles. The van der Waals surface area contributed by atoms with Gasteiger partial charge < -0.3 is 20.5 Å². The molecule has 0 unspecified atom stereocenters. The summed E-state index contributed by atoms with van der Waals surface area (Å²) in [5.41, 5.74) is 6.61. The first-order chi connectivity index (χ1) is 11.2. The quantitative estimate of drug-likeness (QED) is 0.560. The van der Waals surface area contributed by atoms with E-state index >= 15 is 0 Å². The van der Waals surface area contributed by atoms with Crippen molar-refractivity contribution in [1.29, 1.82) is 0 Å². The van der Waals surface area contributed by atoms with Gasteiger partial charge in [-0.2, -0.15) is 0 Å². The Labute approximate surface area is 143 Å². The number of hydrogen-bond acceptors (Lipinski definition) is 5. The van der Waals surface area contributed by atoms with E-state index in [4.69, 9.17) is 10.5 Å².